The normalized spacial score (nSPS) is 10.7. The van der Waals surface area contributed by atoms with Gasteiger partial charge in [0, 0.05) is 6.20 Å². The van der Waals surface area contributed by atoms with Gasteiger partial charge in [-0.15, -0.1) is 0 Å². The number of aryl methyl sites for hydroxylation is 1. The van der Waals surface area contributed by atoms with E-state index in [1.807, 2.05) is 0 Å². The molecule has 36 valence electrons. The second-order valence-electron chi connectivity index (χ2n) is 1.26. The minimum atomic E-state index is 0.444. The number of rotatable bonds is 0. The highest BCUT2D eigenvalue weighted by Crippen LogP contribution is 1.82. The minimum absolute atomic E-state index is 0.444. The third kappa shape index (κ3) is 0.961. The first-order valence-corrected chi connectivity index (χ1v) is 2.05. The van der Waals surface area contributed by atoms with Gasteiger partial charge in [0.1, 0.15) is 0 Å². The van der Waals surface area contributed by atoms with E-state index < -0.39 is 0 Å². The van der Waals surface area contributed by atoms with Crippen molar-refractivity contribution in [3.63, 3.8) is 0 Å². The maximum Gasteiger partial charge on any atom is 0.0643 e. The molecule has 0 aliphatic heterocycles. The fourth-order valence-electron chi connectivity index (χ4n) is 0.340. The summed E-state index contributed by atoms with van der Waals surface area (Å²) < 4.78 is 7.12. The number of aromatic nitrogens is 2. The van der Waals surface area contributed by atoms with Crippen molar-refractivity contribution in [3.8, 4) is 0 Å². The van der Waals surface area contributed by atoms with E-state index in [0.29, 0.717) is 11.7 Å². The predicted octanol–water partition coefficient (Wildman–Crippen LogP) is 0.785. The Labute approximate surface area is 43.6 Å². The van der Waals surface area contributed by atoms with Crippen molar-refractivity contribution in [2.24, 2.45) is 0 Å². The lowest BCUT2D eigenvalue weighted by atomic mass is 10.4. The summed E-state index contributed by atoms with van der Waals surface area (Å²) in [6.45, 7) is 1.76. The van der Waals surface area contributed by atoms with Gasteiger partial charge in [0.05, 0.1) is 7.06 Å². The molecule has 1 aromatic rings. The van der Waals surface area contributed by atoms with Crippen molar-refractivity contribution in [1.82, 2.24) is 10.2 Å². The highest BCUT2D eigenvalue weighted by atomic mass is 15.1. The van der Waals surface area contributed by atoms with Crippen molar-refractivity contribution in [2.75, 3.05) is 0 Å². The van der Waals surface area contributed by atoms with Crippen LogP contribution in [0.25, 0.3) is 0 Å². The highest BCUT2D eigenvalue weighted by molar-refractivity contribution is 4.94. The Morgan fingerprint density at radius 2 is 2.71 bits per heavy atom. The second-order valence-corrected chi connectivity index (χ2v) is 1.26. The summed E-state index contributed by atoms with van der Waals surface area (Å²) in [5.41, 5.74) is 0.674. The van der Waals surface area contributed by atoms with Crippen molar-refractivity contribution in [3.05, 3.63) is 24.0 Å². The van der Waals surface area contributed by atoms with Gasteiger partial charge < -0.3 is 0 Å². The lowest BCUT2D eigenvalue weighted by Gasteiger charge is -1.80. The van der Waals surface area contributed by atoms with Gasteiger partial charge in [-0.2, -0.15) is 10.2 Å². The van der Waals surface area contributed by atoms with E-state index in [0.717, 1.165) is 0 Å². The molecule has 0 saturated heterocycles. The van der Waals surface area contributed by atoms with Crippen molar-refractivity contribution in [1.29, 1.82) is 0 Å². The van der Waals surface area contributed by atoms with Crippen LogP contribution in [0.2, 0.25) is 0 Å². The largest absolute Gasteiger partial charge is 0.159 e. The zero-order valence-corrected chi connectivity index (χ0v) is 4.05. The molecule has 2 nitrogen and oxygen atoms in total. The second kappa shape index (κ2) is 1.69. The van der Waals surface area contributed by atoms with Gasteiger partial charge in [-0.3, -0.25) is 0 Å². The predicted molar refractivity (Wildman–Crippen MR) is 26.8 cm³/mol. The first-order valence-electron chi connectivity index (χ1n) is 2.55. The molecule has 0 aromatic carbocycles. The van der Waals surface area contributed by atoms with Crippen LogP contribution in [0.1, 0.15) is 7.06 Å². The van der Waals surface area contributed by atoms with E-state index in [4.69, 9.17) is 1.37 Å². The van der Waals surface area contributed by atoms with Crippen LogP contribution in [0.4, 0.5) is 0 Å². The maximum absolute atomic E-state index is 7.12. The Bertz CT molecular complexity index is 167. The fraction of sp³-hybridized carbons (Fsp3) is 0.200. The van der Waals surface area contributed by atoms with Gasteiger partial charge in [-0.25, -0.2) is 0 Å². The Hall–Kier alpha value is -0.920. The molecule has 0 radical (unpaired) electrons. The summed E-state index contributed by atoms with van der Waals surface area (Å²) in [6.07, 6.45) is 1.51. The molecular formula is C5H6N2. The van der Waals surface area contributed by atoms with Crippen molar-refractivity contribution < 1.29 is 1.37 Å². The summed E-state index contributed by atoms with van der Waals surface area (Å²) in [5, 5.41) is 7.22. The molecular weight excluding hydrogens is 88.1 g/mol. The van der Waals surface area contributed by atoms with Gasteiger partial charge in [-0.1, -0.05) is 0 Å². The molecule has 0 fully saturated rings. The van der Waals surface area contributed by atoms with E-state index >= 15 is 0 Å². The first kappa shape index (κ1) is 3.13. The average Bonchev–Trinajstić information content (AvgIpc) is 1.77. The van der Waals surface area contributed by atoms with Gasteiger partial charge in [0.2, 0.25) is 0 Å². The van der Waals surface area contributed by atoms with Gasteiger partial charge in [0.15, 0.2) is 0 Å². The topological polar surface area (TPSA) is 25.8 Å². The van der Waals surface area contributed by atoms with Crippen LogP contribution in [0.15, 0.2) is 18.3 Å². The van der Waals surface area contributed by atoms with Crippen LogP contribution in [0.3, 0.4) is 0 Å². The summed E-state index contributed by atoms with van der Waals surface area (Å²) in [6, 6.07) is 2.06. The monoisotopic (exact) mass is 95.1 g/mol. The smallest absolute Gasteiger partial charge is 0.0643 e. The molecule has 0 atom stereocenters. The Kier molecular flexibility index (Phi) is 0.754. The Balaban J connectivity index is 3.13. The molecule has 7 heavy (non-hydrogen) atoms. The summed E-state index contributed by atoms with van der Waals surface area (Å²) in [4.78, 5) is 0. The lowest BCUT2D eigenvalue weighted by molar-refractivity contribution is 0.980. The average molecular weight is 95.1 g/mol. The molecule has 0 aliphatic carbocycles. The minimum Gasteiger partial charge on any atom is -0.159 e. The molecule has 0 saturated carbocycles. The SMILES string of the molecule is [2H]c1ccnnc1C. The van der Waals surface area contributed by atoms with E-state index in [2.05, 4.69) is 10.2 Å². The van der Waals surface area contributed by atoms with Gasteiger partial charge in [-0.05, 0) is 19.0 Å². The highest BCUT2D eigenvalue weighted by Gasteiger charge is 1.74. The molecule has 0 unspecified atom stereocenters. The molecule has 2 heteroatoms. The Morgan fingerprint density at radius 3 is 3.14 bits per heavy atom. The van der Waals surface area contributed by atoms with E-state index in [1.54, 1.807) is 13.0 Å². The van der Waals surface area contributed by atoms with Crippen LogP contribution >= 0.6 is 0 Å². The summed E-state index contributed by atoms with van der Waals surface area (Å²) in [5.74, 6) is 0. The van der Waals surface area contributed by atoms with E-state index in [1.165, 1.54) is 6.20 Å². The van der Waals surface area contributed by atoms with Gasteiger partial charge >= 0.3 is 0 Å². The molecule has 0 N–H and O–H groups in total. The number of hydrogen-bond donors (Lipinski definition) is 0. The molecule has 0 spiro atoms. The first-order chi connectivity index (χ1) is 3.80. The number of hydrogen-bond acceptors (Lipinski definition) is 2. The van der Waals surface area contributed by atoms with Crippen LogP contribution < -0.4 is 0 Å². The molecule has 1 rings (SSSR count). The Morgan fingerprint density at radius 1 is 1.86 bits per heavy atom. The van der Waals surface area contributed by atoms with Crippen molar-refractivity contribution in [2.45, 2.75) is 6.92 Å². The quantitative estimate of drug-likeness (QED) is 0.476. The molecule has 1 heterocycles. The fourth-order valence-corrected chi connectivity index (χ4v) is 0.340. The number of nitrogens with zero attached hydrogens (tertiary/aromatic N) is 2. The summed E-state index contributed by atoms with van der Waals surface area (Å²) in [7, 11) is 0. The third-order valence-electron chi connectivity index (χ3n) is 0.641. The van der Waals surface area contributed by atoms with Crippen LogP contribution in [-0.2, 0) is 0 Å². The van der Waals surface area contributed by atoms with E-state index in [9.17, 15) is 0 Å². The van der Waals surface area contributed by atoms with Crippen LogP contribution in [0, 0.1) is 6.92 Å². The van der Waals surface area contributed by atoms with Crippen LogP contribution in [0.5, 0.6) is 0 Å². The molecule has 0 aliphatic rings. The molecule has 0 bridgehead atoms. The summed E-state index contributed by atoms with van der Waals surface area (Å²) >= 11 is 0. The van der Waals surface area contributed by atoms with Gasteiger partial charge in [0.25, 0.3) is 0 Å². The van der Waals surface area contributed by atoms with Crippen molar-refractivity contribution >= 4 is 0 Å². The maximum atomic E-state index is 7.12. The third-order valence-corrected chi connectivity index (χ3v) is 0.641. The molecule has 1 aromatic heterocycles. The standard InChI is InChI=1S/C5H6N2/c1-5-3-2-4-6-7-5/h2-4H,1H3/i3D. The molecule has 0 amide bonds. The zero-order valence-electron chi connectivity index (χ0n) is 5.05. The van der Waals surface area contributed by atoms with Crippen LogP contribution in [-0.4, -0.2) is 10.2 Å². The lowest BCUT2D eigenvalue weighted by Crippen LogP contribution is -1.79. The zero-order chi connectivity index (χ0) is 5.98. The van der Waals surface area contributed by atoms with E-state index in [-0.39, 0.29) is 0 Å².